The summed E-state index contributed by atoms with van der Waals surface area (Å²) < 4.78 is 2.00. The molecule has 0 saturated carbocycles. The zero-order valence-corrected chi connectivity index (χ0v) is 65.3. The van der Waals surface area contributed by atoms with Crippen LogP contribution in [0.5, 0.6) is 0 Å². The third-order valence-electron chi connectivity index (χ3n) is 19.4. The van der Waals surface area contributed by atoms with Gasteiger partial charge in [0.05, 0.1) is 11.4 Å². The van der Waals surface area contributed by atoms with Gasteiger partial charge < -0.3 is 9.80 Å². The standard InChI is InChI=1S/C94H102Br2N2/c1-88(2,3)71-36-28-61(29-37-71)65-48-66(62-30-38-72(39-31-62)89(4,5)6)51-69(50-65)84-56-75(92(13,14)15)44-46-86(84)97(80-26-22-24-78(95)58-80)82-54-77(94(19,20)21)55-83(60-82)98(81-27-23-25-79(96)59-81)87-47-45-76(93(16,17)18)57-85(87)70-52-67(63-32-40-73(41-33-63)90(7,8)9)49-68(53-70)64-34-42-74(43-35-64)91(10,11)12/h22-60H,1-21H3. The van der Waals surface area contributed by atoms with E-state index in [1.807, 2.05) is 0 Å². The lowest BCUT2D eigenvalue weighted by molar-refractivity contribution is 0.590. The van der Waals surface area contributed by atoms with Gasteiger partial charge in [0, 0.05) is 42.8 Å². The number of halogens is 2. The van der Waals surface area contributed by atoms with E-state index in [0.717, 1.165) is 65.3 Å². The Bertz CT molecular complexity index is 4240. The molecule has 0 atom stereocenters. The van der Waals surface area contributed by atoms with Crippen molar-refractivity contribution in [3.63, 3.8) is 0 Å². The van der Waals surface area contributed by atoms with Crippen LogP contribution in [0.15, 0.2) is 246 Å². The number of nitrogens with zero attached hydrogens (tertiary/aromatic N) is 2. The fraction of sp³-hybridized carbons (Fsp3) is 0.298. The third kappa shape index (κ3) is 16.0. The predicted molar refractivity (Wildman–Crippen MR) is 435 cm³/mol. The van der Waals surface area contributed by atoms with Crippen molar-refractivity contribution in [3.05, 3.63) is 284 Å². The molecule has 0 spiro atoms. The molecule has 11 aromatic rings. The maximum Gasteiger partial charge on any atom is 0.0540 e. The Balaban J connectivity index is 1.20. The summed E-state index contributed by atoms with van der Waals surface area (Å²) >= 11 is 8.01. The second-order valence-electron chi connectivity index (χ2n) is 34.5. The lowest BCUT2D eigenvalue weighted by Crippen LogP contribution is -2.19. The smallest absolute Gasteiger partial charge is 0.0540 e. The van der Waals surface area contributed by atoms with Crippen LogP contribution in [-0.4, -0.2) is 0 Å². The predicted octanol–water partition coefficient (Wildman–Crippen LogP) is 29.2. The van der Waals surface area contributed by atoms with Crippen molar-refractivity contribution < 1.29 is 0 Å². The monoisotopic (exact) mass is 1420 g/mol. The van der Waals surface area contributed by atoms with Crippen LogP contribution in [0.25, 0.3) is 66.8 Å². The summed E-state index contributed by atoms with van der Waals surface area (Å²) in [5.74, 6) is 0. The van der Waals surface area contributed by atoms with Gasteiger partial charge in [-0.3, -0.25) is 0 Å². The second-order valence-corrected chi connectivity index (χ2v) is 36.3. The summed E-state index contributed by atoms with van der Waals surface area (Å²) in [6, 6.07) is 91.0. The Kier molecular flexibility index (Phi) is 19.6. The summed E-state index contributed by atoms with van der Waals surface area (Å²) in [4.78, 5) is 5.03. The average Bonchev–Trinajstić information content (AvgIpc) is 0.750. The molecule has 0 N–H and O–H groups in total. The molecular formula is C94H102Br2N2. The lowest BCUT2D eigenvalue weighted by Gasteiger charge is -2.34. The third-order valence-corrected chi connectivity index (χ3v) is 20.4. The summed E-state index contributed by atoms with van der Waals surface area (Å²) in [5, 5.41) is 0. The topological polar surface area (TPSA) is 6.48 Å². The molecule has 0 aliphatic heterocycles. The Hall–Kier alpha value is -8.02. The molecular weight excluding hydrogens is 1320 g/mol. The number of benzene rings is 11. The molecule has 0 aliphatic carbocycles. The normalized spacial score (nSPS) is 12.6. The van der Waals surface area contributed by atoms with E-state index < -0.39 is 0 Å². The van der Waals surface area contributed by atoms with Crippen LogP contribution in [0.4, 0.5) is 34.1 Å². The Morgan fingerprint density at radius 2 is 0.439 bits per heavy atom. The van der Waals surface area contributed by atoms with E-state index in [1.165, 1.54) is 83.5 Å². The highest BCUT2D eigenvalue weighted by Gasteiger charge is 2.30. The van der Waals surface area contributed by atoms with Crippen LogP contribution in [-0.2, 0) is 37.9 Å². The fourth-order valence-corrected chi connectivity index (χ4v) is 13.9. The van der Waals surface area contributed by atoms with E-state index in [0.29, 0.717) is 0 Å². The van der Waals surface area contributed by atoms with Crippen molar-refractivity contribution >= 4 is 66.0 Å². The van der Waals surface area contributed by atoms with Crippen LogP contribution >= 0.6 is 31.9 Å². The second kappa shape index (κ2) is 26.9. The van der Waals surface area contributed by atoms with Gasteiger partial charge in [-0.25, -0.2) is 0 Å². The van der Waals surface area contributed by atoms with Crippen LogP contribution in [0.2, 0.25) is 0 Å². The molecule has 98 heavy (non-hydrogen) atoms. The molecule has 0 fully saturated rings. The molecule has 4 heteroatoms. The van der Waals surface area contributed by atoms with Crippen molar-refractivity contribution in [2.24, 2.45) is 0 Å². The van der Waals surface area contributed by atoms with Gasteiger partial charge >= 0.3 is 0 Å². The summed E-state index contributed by atoms with van der Waals surface area (Å²) in [7, 11) is 0. The molecule has 0 aliphatic rings. The fourth-order valence-electron chi connectivity index (χ4n) is 13.1. The molecule has 0 aromatic heterocycles. The summed E-state index contributed by atoms with van der Waals surface area (Å²) in [6.07, 6.45) is 0. The van der Waals surface area contributed by atoms with E-state index in [-0.39, 0.29) is 37.9 Å². The maximum absolute atomic E-state index is 4.01. The van der Waals surface area contributed by atoms with Crippen LogP contribution < -0.4 is 9.80 Å². The quantitative estimate of drug-likeness (QED) is 0.120. The molecule has 0 heterocycles. The van der Waals surface area contributed by atoms with Crippen molar-refractivity contribution in [2.75, 3.05) is 9.80 Å². The zero-order chi connectivity index (χ0) is 70.8. The van der Waals surface area contributed by atoms with Gasteiger partial charge in [0.1, 0.15) is 0 Å². The summed E-state index contributed by atoms with van der Waals surface area (Å²) in [5.41, 5.74) is 28.7. The van der Waals surface area contributed by atoms with Gasteiger partial charge in [0.25, 0.3) is 0 Å². The van der Waals surface area contributed by atoms with Gasteiger partial charge in [0.2, 0.25) is 0 Å². The molecule has 0 unspecified atom stereocenters. The minimum atomic E-state index is -0.281. The number of anilines is 6. The summed E-state index contributed by atoms with van der Waals surface area (Å²) in [6.45, 7) is 48.5. The van der Waals surface area contributed by atoms with Gasteiger partial charge in [-0.2, -0.15) is 0 Å². The van der Waals surface area contributed by atoms with Gasteiger partial charge in [-0.15, -0.1) is 0 Å². The zero-order valence-electron chi connectivity index (χ0n) is 62.2. The van der Waals surface area contributed by atoms with E-state index >= 15 is 0 Å². The average molecular weight is 1420 g/mol. The number of hydrogen-bond acceptors (Lipinski definition) is 2. The van der Waals surface area contributed by atoms with E-state index in [9.17, 15) is 0 Å². The van der Waals surface area contributed by atoms with Crippen molar-refractivity contribution in [1.82, 2.24) is 0 Å². The van der Waals surface area contributed by atoms with E-state index in [2.05, 4.69) is 424 Å². The first-order valence-electron chi connectivity index (χ1n) is 35.1. The van der Waals surface area contributed by atoms with Crippen molar-refractivity contribution in [2.45, 2.75) is 183 Å². The van der Waals surface area contributed by atoms with E-state index in [4.69, 9.17) is 0 Å². The highest BCUT2D eigenvalue weighted by Crippen LogP contribution is 2.51. The van der Waals surface area contributed by atoms with Gasteiger partial charge in [-0.05, 0) is 248 Å². The first kappa shape index (κ1) is 71.3. The Labute approximate surface area is 605 Å². The first-order valence-corrected chi connectivity index (χ1v) is 36.7. The maximum atomic E-state index is 4.01. The highest BCUT2D eigenvalue weighted by molar-refractivity contribution is 9.10. The number of rotatable bonds is 12. The minimum absolute atomic E-state index is 0.0202. The highest BCUT2D eigenvalue weighted by atomic mass is 79.9. The lowest BCUT2D eigenvalue weighted by atomic mass is 9.83. The SMILES string of the molecule is CC(C)(C)c1ccc(-c2cc(-c3ccc(C(C)(C)C)cc3)cc(-c3cc(C(C)(C)C)ccc3N(c3cccc(Br)c3)c3cc(N(c4cccc(Br)c4)c4ccc(C(C)(C)C)cc4-c4cc(-c5ccc(C(C)(C)C)cc5)cc(-c5ccc(C(C)(C)C)cc5)c4)cc(C(C)(C)C)c3)c2)cc1. The molecule has 502 valence electrons. The molecule has 0 saturated heterocycles. The molecule has 11 rings (SSSR count). The van der Waals surface area contributed by atoms with Gasteiger partial charge in [0.15, 0.2) is 0 Å². The molecule has 11 aromatic carbocycles. The largest absolute Gasteiger partial charge is 0.310 e. The minimum Gasteiger partial charge on any atom is -0.310 e. The van der Waals surface area contributed by atoms with E-state index in [1.54, 1.807) is 0 Å². The van der Waals surface area contributed by atoms with Crippen LogP contribution in [0.3, 0.4) is 0 Å². The Morgan fingerprint density at radius 3 is 0.684 bits per heavy atom. The van der Waals surface area contributed by atoms with Gasteiger partial charge in [-0.1, -0.05) is 299 Å². The Morgan fingerprint density at radius 1 is 0.194 bits per heavy atom. The van der Waals surface area contributed by atoms with Crippen LogP contribution in [0, 0.1) is 0 Å². The first-order chi connectivity index (χ1) is 45.8. The van der Waals surface area contributed by atoms with Crippen molar-refractivity contribution in [1.29, 1.82) is 0 Å². The molecule has 0 bridgehead atoms. The van der Waals surface area contributed by atoms with Crippen molar-refractivity contribution in [3.8, 4) is 66.8 Å². The number of hydrogen-bond donors (Lipinski definition) is 0. The molecule has 0 radical (unpaired) electrons. The molecule has 2 nitrogen and oxygen atoms in total. The molecule has 0 amide bonds. The van der Waals surface area contributed by atoms with Crippen LogP contribution in [0.1, 0.15) is 184 Å².